The summed E-state index contributed by atoms with van der Waals surface area (Å²) in [5.41, 5.74) is 5.14. The summed E-state index contributed by atoms with van der Waals surface area (Å²) in [7, 11) is 0. The van der Waals surface area contributed by atoms with E-state index in [2.05, 4.69) is 58.3 Å². The molecule has 0 radical (unpaired) electrons. The lowest BCUT2D eigenvalue weighted by molar-refractivity contribution is 0.0878. The van der Waals surface area contributed by atoms with Crippen LogP contribution in [0, 0.1) is 0 Å². The Bertz CT molecular complexity index is 878. The zero-order valence-electron chi connectivity index (χ0n) is 21.9. The molecule has 4 heteroatoms. The Morgan fingerprint density at radius 3 is 1.26 bits per heavy atom. The largest absolute Gasteiger partial charge is 0.478 e. The fourth-order valence-corrected chi connectivity index (χ4v) is 3.91. The number of benzene rings is 3. The highest BCUT2D eigenvalue weighted by Crippen LogP contribution is 2.26. The molecule has 2 aliphatic heterocycles. The maximum Gasteiger partial charge on any atom is 0.142 e. The summed E-state index contributed by atoms with van der Waals surface area (Å²) >= 11 is 0. The molecule has 0 fully saturated rings. The molecule has 0 atom stereocenters. The van der Waals surface area contributed by atoms with Gasteiger partial charge in [0.15, 0.2) is 0 Å². The van der Waals surface area contributed by atoms with Gasteiger partial charge in [-0.3, -0.25) is 9.80 Å². The SMILES string of the molecule is CC.CC.CC.c1ccc2c(c1)CN(Cc1ccc(CN3COc4ccccc4C3)cc1)CO2. The number of fused-ring (bicyclic) bond motifs is 2. The zero-order valence-corrected chi connectivity index (χ0v) is 21.9. The van der Waals surface area contributed by atoms with Gasteiger partial charge in [-0.25, -0.2) is 0 Å². The molecule has 0 bridgehead atoms. The van der Waals surface area contributed by atoms with Crippen molar-refractivity contribution in [3.63, 3.8) is 0 Å². The Kier molecular flexibility index (Phi) is 12.2. The molecule has 0 spiro atoms. The van der Waals surface area contributed by atoms with E-state index < -0.39 is 0 Å². The van der Waals surface area contributed by atoms with Gasteiger partial charge in [-0.15, -0.1) is 0 Å². The molecule has 0 saturated carbocycles. The lowest BCUT2D eigenvalue weighted by atomic mass is 10.1. The summed E-state index contributed by atoms with van der Waals surface area (Å²) in [5, 5.41) is 0. The van der Waals surface area contributed by atoms with Crippen LogP contribution in [0.1, 0.15) is 63.8 Å². The first-order valence-corrected chi connectivity index (χ1v) is 12.8. The van der Waals surface area contributed by atoms with Gasteiger partial charge in [-0.1, -0.05) is 102 Å². The average Bonchev–Trinajstić information content (AvgIpc) is 2.93. The summed E-state index contributed by atoms with van der Waals surface area (Å²) in [4.78, 5) is 4.65. The van der Waals surface area contributed by atoms with Crippen molar-refractivity contribution in [2.24, 2.45) is 0 Å². The molecule has 4 nitrogen and oxygen atoms in total. The highest BCUT2D eigenvalue weighted by atomic mass is 16.5. The smallest absolute Gasteiger partial charge is 0.142 e. The predicted octanol–water partition coefficient (Wildman–Crippen LogP) is 7.47. The average molecular weight is 463 g/mol. The highest BCUT2D eigenvalue weighted by Gasteiger charge is 2.18. The monoisotopic (exact) mass is 462 g/mol. The second kappa shape index (κ2) is 15.2. The van der Waals surface area contributed by atoms with E-state index in [9.17, 15) is 0 Å². The summed E-state index contributed by atoms with van der Waals surface area (Å²) in [6.07, 6.45) is 0. The Balaban J connectivity index is 0.000000633. The van der Waals surface area contributed by atoms with Crippen molar-refractivity contribution < 1.29 is 9.47 Å². The molecule has 0 unspecified atom stereocenters. The van der Waals surface area contributed by atoms with Gasteiger partial charge in [0.05, 0.1) is 0 Å². The van der Waals surface area contributed by atoms with E-state index in [0.717, 1.165) is 37.7 Å². The zero-order chi connectivity index (χ0) is 24.8. The molecular formula is C30H42N2O2. The molecule has 0 amide bonds. The van der Waals surface area contributed by atoms with Crippen molar-refractivity contribution in [3.05, 3.63) is 95.1 Å². The predicted molar refractivity (Wildman–Crippen MR) is 143 cm³/mol. The summed E-state index contributed by atoms with van der Waals surface area (Å²) in [6, 6.07) is 25.5. The van der Waals surface area contributed by atoms with E-state index in [0.29, 0.717) is 13.5 Å². The summed E-state index contributed by atoms with van der Waals surface area (Å²) in [5.74, 6) is 2.03. The first-order valence-electron chi connectivity index (χ1n) is 12.8. The van der Waals surface area contributed by atoms with Crippen LogP contribution in [0.3, 0.4) is 0 Å². The van der Waals surface area contributed by atoms with Crippen molar-refractivity contribution in [2.45, 2.75) is 67.7 Å². The van der Waals surface area contributed by atoms with Crippen LogP contribution in [-0.4, -0.2) is 23.3 Å². The third kappa shape index (κ3) is 7.61. The second-order valence-electron chi connectivity index (χ2n) is 7.55. The molecule has 2 aliphatic rings. The van der Waals surface area contributed by atoms with E-state index in [1.807, 2.05) is 65.8 Å². The van der Waals surface area contributed by atoms with Gasteiger partial charge >= 0.3 is 0 Å². The standard InChI is InChI=1S/C24H24N2O2.3C2H6/c1-3-7-23-21(5-1)15-25(17-27-23)13-19-9-11-20(12-10-19)14-26-16-22-6-2-4-8-24(22)28-18-26;3*1-2/h1-12H,13-18H2;3*1-2H3. The molecule has 2 heterocycles. The minimum absolute atomic E-state index is 0.642. The van der Waals surface area contributed by atoms with E-state index in [4.69, 9.17) is 9.47 Å². The summed E-state index contributed by atoms with van der Waals surface area (Å²) < 4.78 is 11.7. The van der Waals surface area contributed by atoms with Gasteiger partial charge in [0.2, 0.25) is 0 Å². The van der Waals surface area contributed by atoms with Gasteiger partial charge in [0.1, 0.15) is 25.0 Å². The molecule has 184 valence electrons. The number of ether oxygens (including phenoxy) is 2. The van der Waals surface area contributed by atoms with Crippen LogP contribution in [0.5, 0.6) is 11.5 Å². The van der Waals surface area contributed by atoms with Crippen molar-refractivity contribution in [2.75, 3.05) is 13.5 Å². The van der Waals surface area contributed by atoms with Gasteiger partial charge in [-0.05, 0) is 23.3 Å². The van der Waals surface area contributed by atoms with Crippen LogP contribution in [0.4, 0.5) is 0 Å². The van der Waals surface area contributed by atoms with E-state index in [1.165, 1.54) is 22.3 Å². The van der Waals surface area contributed by atoms with Gasteiger partial charge in [0, 0.05) is 37.3 Å². The van der Waals surface area contributed by atoms with Gasteiger partial charge in [-0.2, -0.15) is 0 Å². The maximum atomic E-state index is 5.87. The molecule has 3 aromatic rings. The van der Waals surface area contributed by atoms with Crippen molar-refractivity contribution in [3.8, 4) is 11.5 Å². The second-order valence-corrected chi connectivity index (χ2v) is 7.55. The Labute approximate surface area is 207 Å². The minimum atomic E-state index is 0.642. The number of hydrogen-bond donors (Lipinski definition) is 0. The van der Waals surface area contributed by atoms with Crippen LogP contribution in [0.25, 0.3) is 0 Å². The lowest BCUT2D eigenvalue weighted by Crippen LogP contribution is -2.32. The highest BCUT2D eigenvalue weighted by molar-refractivity contribution is 5.35. The minimum Gasteiger partial charge on any atom is -0.478 e. The number of hydrogen-bond acceptors (Lipinski definition) is 4. The Morgan fingerprint density at radius 1 is 0.529 bits per heavy atom. The van der Waals surface area contributed by atoms with E-state index >= 15 is 0 Å². The van der Waals surface area contributed by atoms with E-state index in [-0.39, 0.29) is 0 Å². The Morgan fingerprint density at radius 2 is 0.882 bits per heavy atom. The first kappa shape index (κ1) is 27.4. The first-order chi connectivity index (χ1) is 16.8. The molecule has 3 aromatic carbocycles. The van der Waals surface area contributed by atoms with Crippen LogP contribution >= 0.6 is 0 Å². The molecule has 0 aliphatic carbocycles. The van der Waals surface area contributed by atoms with E-state index in [1.54, 1.807) is 0 Å². The molecule has 34 heavy (non-hydrogen) atoms. The van der Waals surface area contributed by atoms with Gasteiger partial charge < -0.3 is 9.47 Å². The number of rotatable bonds is 4. The third-order valence-electron chi connectivity index (χ3n) is 5.37. The van der Waals surface area contributed by atoms with Crippen LogP contribution < -0.4 is 9.47 Å². The van der Waals surface area contributed by atoms with Crippen LogP contribution in [-0.2, 0) is 26.2 Å². The third-order valence-corrected chi connectivity index (χ3v) is 5.37. The number of para-hydroxylation sites is 2. The maximum absolute atomic E-state index is 5.87. The van der Waals surface area contributed by atoms with Crippen molar-refractivity contribution in [1.29, 1.82) is 0 Å². The normalized spacial score (nSPS) is 14.2. The molecular weight excluding hydrogens is 420 g/mol. The van der Waals surface area contributed by atoms with Crippen LogP contribution in [0.2, 0.25) is 0 Å². The molecule has 0 N–H and O–H groups in total. The number of nitrogens with zero attached hydrogens (tertiary/aromatic N) is 2. The quantitative estimate of drug-likeness (QED) is 0.401. The van der Waals surface area contributed by atoms with Crippen molar-refractivity contribution >= 4 is 0 Å². The Hall–Kier alpha value is -2.82. The molecule has 0 aromatic heterocycles. The summed E-state index contributed by atoms with van der Waals surface area (Å²) in [6.45, 7) is 16.9. The topological polar surface area (TPSA) is 24.9 Å². The van der Waals surface area contributed by atoms with Crippen molar-refractivity contribution in [1.82, 2.24) is 9.80 Å². The lowest BCUT2D eigenvalue weighted by Gasteiger charge is -2.29. The fourth-order valence-electron chi connectivity index (χ4n) is 3.91. The fraction of sp³-hybridized carbons (Fsp3) is 0.400. The molecule has 0 saturated heterocycles. The molecule has 5 rings (SSSR count). The van der Waals surface area contributed by atoms with Gasteiger partial charge in [0.25, 0.3) is 0 Å². The van der Waals surface area contributed by atoms with Crippen LogP contribution in [0.15, 0.2) is 72.8 Å².